The second kappa shape index (κ2) is 11.3. The van der Waals surface area contributed by atoms with E-state index in [9.17, 15) is 9.59 Å². The van der Waals surface area contributed by atoms with Gasteiger partial charge in [0.15, 0.2) is 11.5 Å². The molecule has 0 aromatic heterocycles. The molecule has 0 radical (unpaired) electrons. The highest BCUT2D eigenvalue weighted by Gasteiger charge is 2.10. The van der Waals surface area contributed by atoms with E-state index in [1.165, 1.54) is 27.5 Å². The summed E-state index contributed by atoms with van der Waals surface area (Å²) in [6.45, 7) is 0.296. The zero-order chi connectivity index (χ0) is 23.6. The maximum Gasteiger partial charge on any atom is 0.337 e. The number of para-hydroxylation sites is 1. The summed E-state index contributed by atoms with van der Waals surface area (Å²) in [6, 6.07) is 19.1. The lowest BCUT2D eigenvalue weighted by Gasteiger charge is -2.10. The average molecular weight is 448 g/mol. The third kappa shape index (κ3) is 6.10. The maximum atomic E-state index is 12.4. The first kappa shape index (κ1) is 23.3. The standard InChI is InChI=1S/C25H24N2O6/c1-30-22-13-12-19(14-23(22)31-2)24(28)27-26-15-20-6-4-5-7-21(20)33-16-17-8-10-18(11-9-17)25(29)32-3/h4-15H,16H2,1-3H3,(H,27,28)/b26-15+. The van der Waals surface area contributed by atoms with Gasteiger partial charge in [-0.25, -0.2) is 10.2 Å². The first-order chi connectivity index (χ1) is 16.0. The Morgan fingerprint density at radius 1 is 0.848 bits per heavy atom. The van der Waals surface area contributed by atoms with Gasteiger partial charge < -0.3 is 18.9 Å². The van der Waals surface area contributed by atoms with Gasteiger partial charge in [-0.3, -0.25) is 4.79 Å². The third-order valence-electron chi connectivity index (χ3n) is 4.70. The number of benzene rings is 3. The smallest absolute Gasteiger partial charge is 0.337 e. The molecule has 8 nitrogen and oxygen atoms in total. The summed E-state index contributed by atoms with van der Waals surface area (Å²) in [6.07, 6.45) is 1.51. The number of nitrogens with zero attached hydrogens (tertiary/aromatic N) is 1. The lowest BCUT2D eigenvalue weighted by molar-refractivity contribution is 0.0600. The van der Waals surface area contributed by atoms with Crippen LogP contribution in [0.3, 0.4) is 0 Å². The summed E-state index contributed by atoms with van der Waals surface area (Å²) in [4.78, 5) is 23.9. The Balaban J connectivity index is 1.63. The molecular weight excluding hydrogens is 424 g/mol. The first-order valence-corrected chi connectivity index (χ1v) is 10.00. The van der Waals surface area contributed by atoms with Crippen molar-refractivity contribution in [1.29, 1.82) is 0 Å². The fraction of sp³-hybridized carbons (Fsp3) is 0.160. The van der Waals surface area contributed by atoms with E-state index in [4.69, 9.17) is 18.9 Å². The Hall–Kier alpha value is -4.33. The molecule has 0 heterocycles. The number of amides is 1. The molecule has 0 saturated heterocycles. The number of esters is 1. The second-order valence-electron chi connectivity index (χ2n) is 6.78. The van der Waals surface area contributed by atoms with Gasteiger partial charge in [0.05, 0.1) is 33.1 Å². The van der Waals surface area contributed by atoms with Crippen molar-refractivity contribution in [2.75, 3.05) is 21.3 Å². The van der Waals surface area contributed by atoms with Gasteiger partial charge in [0, 0.05) is 11.1 Å². The molecule has 0 unspecified atom stereocenters. The highest BCUT2D eigenvalue weighted by Crippen LogP contribution is 2.27. The molecule has 0 aliphatic carbocycles. The van der Waals surface area contributed by atoms with Crippen molar-refractivity contribution in [2.24, 2.45) is 5.10 Å². The molecule has 0 aliphatic heterocycles. The zero-order valence-electron chi connectivity index (χ0n) is 18.5. The van der Waals surface area contributed by atoms with Crippen LogP contribution in [0.5, 0.6) is 17.2 Å². The van der Waals surface area contributed by atoms with E-state index in [-0.39, 0.29) is 5.97 Å². The van der Waals surface area contributed by atoms with Crippen LogP contribution in [0.15, 0.2) is 71.8 Å². The number of ether oxygens (including phenoxy) is 4. The number of carbonyl (C=O) groups excluding carboxylic acids is 2. The lowest BCUT2D eigenvalue weighted by Crippen LogP contribution is -2.17. The van der Waals surface area contributed by atoms with Crippen molar-refractivity contribution in [3.8, 4) is 17.2 Å². The van der Waals surface area contributed by atoms with E-state index >= 15 is 0 Å². The molecule has 1 amide bonds. The van der Waals surface area contributed by atoms with Crippen LogP contribution in [-0.2, 0) is 11.3 Å². The van der Waals surface area contributed by atoms with Gasteiger partial charge in [-0.15, -0.1) is 0 Å². The molecule has 8 heteroatoms. The van der Waals surface area contributed by atoms with E-state index in [1.807, 2.05) is 18.2 Å². The molecule has 3 rings (SSSR count). The molecule has 0 spiro atoms. The molecule has 33 heavy (non-hydrogen) atoms. The summed E-state index contributed by atoms with van der Waals surface area (Å²) in [7, 11) is 4.37. The molecule has 0 aliphatic rings. The Bertz CT molecular complexity index is 1140. The van der Waals surface area contributed by atoms with Gasteiger partial charge in [-0.2, -0.15) is 5.10 Å². The van der Waals surface area contributed by atoms with Crippen LogP contribution >= 0.6 is 0 Å². The van der Waals surface area contributed by atoms with Crippen molar-refractivity contribution >= 4 is 18.1 Å². The van der Waals surface area contributed by atoms with E-state index in [0.29, 0.717) is 40.5 Å². The number of hydrogen-bond acceptors (Lipinski definition) is 7. The Morgan fingerprint density at radius 3 is 2.24 bits per heavy atom. The molecule has 0 atom stereocenters. The monoisotopic (exact) mass is 448 g/mol. The van der Waals surface area contributed by atoms with E-state index in [1.54, 1.807) is 48.5 Å². The fourth-order valence-corrected chi connectivity index (χ4v) is 2.94. The van der Waals surface area contributed by atoms with Crippen molar-refractivity contribution in [3.05, 3.63) is 89.0 Å². The van der Waals surface area contributed by atoms with Gasteiger partial charge in [-0.05, 0) is 48.0 Å². The predicted octanol–water partition coefficient (Wildman–Crippen LogP) is 3.83. The van der Waals surface area contributed by atoms with Crippen LogP contribution in [0.4, 0.5) is 0 Å². The van der Waals surface area contributed by atoms with Crippen LogP contribution in [-0.4, -0.2) is 39.4 Å². The minimum absolute atomic E-state index is 0.296. The highest BCUT2D eigenvalue weighted by atomic mass is 16.5. The molecule has 0 fully saturated rings. The predicted molar refractivity (Wildman–Crippen MR) is 123 cm³/mol. The number of methoxy groups -OCH3 is 3. The average Bonchev–Trinajstić information content (AvgIpc) is 2.87. The summed E-state index contributed by atoms with van der Waals surface area (Å²) >= 11 is 0. The van der Waals surface area contributed by atoms with Gasteiger partial charge >= 0.3 is 5.97 Å². The number of nitrogens with one attached hydrogen (secondary N) is 1. The Morgan fingerprint density at radius 2 is 1.55 bits per heavy atom. The van der Waals surface area contributed by atoms with E-state index < -0.39 is 5.91 Å². The summed E-state index contributed by atoms with van der Waals surface area (Å²) in [5, 5.41) is 4.04. The first-order valence-electron chi connectivity index (χ1n) is 10.00. The molecule has 0 saturated carbocycles. The fourth-order valence-electron chi connectivity index (χ4n) is 2.94. The minimum Gasteiger partial charge on any atom is -0.493 e. The topological polar surface area (TPSA) is 95.5 Å². The molecule has 170 valence electrons. The molecule has 0 bridgehead atoms. The number of hydrogen-bond donors (Lipinski definition) is 1. The van der Waals surface area contributed by atoms with Crippen molar-refractivity contribution in [2.45, 2.75) is 6.61 Å². The summed E-state index contributed by atoms with van der Waals surface area (Å²) in [5.41, 5.74) is 4.92. The number of hydrazone groups is 1. The van der Waals surface area contributed by atoms with Crippen LogP contribution in [0, 0.1) is 0 Å². The van der Waals surface area contributed by atoms with Gasteiger partial charge in [-0.1, -0.05) is 24.3 Å². The highest BCUT2D eigenvalue weighted by molar-refractivity contribution is 5.95. The lowest BCUT2D eigenvalue weighted by atomic mass is 10.1. The molecule has 1 N–H and O–H groups in total. The minimum atomic E-state index is -0.392. The second-order valence-corrected chi connectivity index (χ2v) is 6.78. The van der Waals surface area contributed by atoms with Gasteiger partial charge in [0.25, 0.3) is 5.91 Å². The van der Waals surface area contributed by atoms with E-state index in [0.717, 1.165) is 5.56 Å². The Kier molecular flexibility index (Phi) is 8.02. The summed E-state index contributed by atoms with van der Waals surface area (Å²) < 4.78 is 21.0. The number of carbonyl (C=O) groups is 2. The maximum absolute atomic E-state index is 12.4. The molecule has 3 aromatic carbocycles. The van der Waals surface area contributed by atoms with Gasteiger partial charge in [0.2, 0.25) is 0 Å². The van der Waals surface area contributed by atoms with Gasteiger partial charge in [0.1, 0.15) is 12.4 Å². The van der Waals surface area contributed by atoms with Crippen LogP contribution in [0.1, 0.15) is 31.8 Å². The van der Waals surface area contributed by atoms with Crippen LogP contribution in [0.25, 0.3) is 0 Å². The van der Waals surface area contributed by atoms with Crippen LogP contribution in [0.2, 0.25) is 0 Å². The normalized spacial score (nSPS) is 10.5. The van der Waals surface area contributed by atoms with Crippen molar-refractivity contribution in [1.82, 2.24) is 5.43 Å². The SMILES string of the molecule is COC(=O)c1ccc(COc2ccccc2/C=N/NC(=O)c2ccc(OC)c(OC)c2)cc1. The van der Waals surface area contributed by atoms with Crippen molar-refractivity contribution < 1.29 is 28.5 Å². The quantitative estimate of drug-likeness (QED) is 0.304. The third-order valence-corrected chi connectivity index (χ3v) is 4.70. The molecule has 3 aromatic rings. The number of rotatable bonds is 9. The molecular formula is C25H24N2O6. The Labute approximate surface area is 191 Å². The zero-order valence-corrected chi connectivity index (χ0v) is 18.5. The summed E-state index contributed by atoms with van der Waals surface area (Å²) in [5.74, 6) is 0.796. The largest absolute Gasteiger partial charge is 0.493 e. The van der Waals surface area contributed by atoms with Crippen LogP contribution < -0.4 is 19.6 Å². The van der Waals surface area contributed by atoms with E-state index in [2.05, 4.69) is 10.5 Å². The van der Waals surface area contributed by atoms with Crippen molar-refractivity contribution in [3.63, 3.8) is 0 Å².